The van der Waals surface area contributed by atoms with Gasteiger partial charge in [-0.05, 0) is 32.4 Å². The molecule has 1 aromatic carbocycles. The predicted octanol–water partition coefficient (Wildman–Crippen LogP) is 2.80. The van der Waals surface area contributed by atoms with Crippen molar-refractivity contribution in [2.45, 2.75) is 32.7 Å². The molecule has 0 saturated carbocycles. The van der Waals surface area contributed by atoms with Gasteiger partial charge in [0.1, 0.15) is 11.4 Å². The van der Waals surface area contributed by atoms with Crippen LogP contribution >= 0.6 is 0 Å². The van der Waals surface area contributed by atoms with E-state index in [9.17, 15) is 10.1 Å². The Labute approximate surface area is 101 Å². The standard InChI is InChI=1S/C12H19N3O2/c1-5-12(2,3)14(4)10-8-6-7-9(13)11(10)15(16)17/h6-8H,5,13H2,1-4H3. The summed E-state index contributed by atoms with van der Waals surface area (Å²) in [6, 6.07) is 5.01. The first-order chi connectivity index (χ1) is 7.81. The van der Waals surface area contributed by atoms with Crippen molar-refractivity contribution in [3.63, 3.8) is 0 Å². The average molecular weight is 237 g/mol. The van der Waals surface area contributed by atoms with Crippen LogP contribution in [0.2, 0.25) is 0 Å². The molecule has 0 radical (unpaired) electrons. The second kappa shape index (κ2) is 4.61. The summed E-state index contributed by atoms with van der Waals surface area (Å²) in [5.74, 6) is 0. The minimum Gasteiger partial charge on any atom is -0.393 e. The van der Waals surface area contributed by atoms with E-state index < -0.39 is 4.92 Å². The number of nitrogens with zero attached hydrogens (tertiary/aromatic N) is 2. The molecule has 2 N–H and O–H groups in total. The Morgan fingerprint density at radius 2 is 2.06 bits per heavy atom. The van der Waals surface area contributed by atoms with E-state index in [1.54, 1.807) is 18.2 Å². The third-order valence-electron chi connectivity index (χ3n) is 3.36. The first kappa shape index (κ1) is 13.3. The number of nitrogen functional groups attached to an aromatic ring is 1. The minimum atomic E-state index is -0.424. The maximum atomic E-state index is 11.1. The van der Waals surface area contributed by atoms with Crippen LogP contribution < -0.4 is 10.6 Å². The summed E-state index contributed by atoms with van der Waals surface area (Å²) in [4.78, 5) is 12.5. The zero-order chi connectivity index (χ0) is 13.2. The predicted molar refractivity (Wildman–Crippen MR) is 70.3 cm³/mol. The van der Waals surface area contributed by atoms with Gasteiger partial charge in [0.25, 0.3) is 0 Å². The molecule has 0 bridgehead atoms. The molecule has 0 heterocycles. The van der Waals surface area contributed by atoms with E-state index in [-0.39, 0.29) is 16.9 Å². The maximum Gasteiger partial charge on any atom is 0.315 e. The van der Waals surface area contributed by atoms with E-state index >= 15 is 0 Å². The Kier molecular flexibility index (Phi) is 3.60. The zero-order valence-corrected chi connectivity index (χ0v) is 10.7. The zero-order valence-electron chi connectivity index (χ0n) is 10.7. The summed E-state index contributed by atoms with van der Waals surface area (Å²) in [6.45, 7) is 6.13. The van der Waals surface area contributed by atoms with Crippen LogP contribution in [-0.4, -0.2) is 17.5 Å². The van der Waals surface area contributed by atoms with Crippen molar-refractivity contribution < 1.29 is 4.92 Å². The summed E-state index contributed by atoms with van der Waals surface area (Å²) < 4.78 is 0. The van der Waals surface area contributed by atoms with E-state index in [2.05, 4.69) is 6.92 Å². The van der Waals surface area contributed by atoms with Gasteiger partial charge in [-0.3, -0.25) is 10.1 Å². The Hall–Kier alpha value is -1.78. The SMILES string of the molecule is CCC(C)(C)N(C)c1cccc(N)c1[N+](=O)[O-]. The lowest BCUT2D eigenvalue weighted by atomic mass is 9.98. The van der Waals surface area contributed by atoms with Gasteiger partial charge in [0.2, 0.25) is 0 Å². The van der Waals surface area contributed by atoms with Crippen LogP contribution in [-0.2, 0) is 0 Å². The van der Waals surface area contributed by atoms with E-state index in [0.717, 1.165) is 6.42 Å². The quantitative estimate of drug-likeness (QED) is 0.496. The molecule has 1 aromatic rings. The molecule has 0 aliphatic heterocycles. The summed E-state index contributed by atoms with van der Waals surface area (Å²) in [7, 11) is 1.85. The van der Waals surface area contributed by atoms with Crippen molar-refractivity contribution in [2.75, 3.05) is 17.7 Å². The fourth-order valence-corrected chi connectivity index (χ4v) is 1.58. The van der Waals surface area contributed by atoms with Crippen LogP contribution in [0.5, 0.6) is 0 Å². The first-order valence-corrected chi connectivity index (χ1v) is 5.58. The highest BCUT2D eigenvalue weighted by Gasteiger charge is 2.28. The van der Waals surface area contributed by atoms with Crippen molar-refractivity contribution >= 4 is 17.1 Å². The number of benzene rings is 1. The van der Waals surface area contributed by atoms with Gasteiger partial charge < -0.3 is 10.6 Å². The number of nitrogens with two attached hydrogens (primary N) is 1. The van der Waals surface area contributed by atoms with Crippen molar-refractivity contribution in [3.8, 4) is 0 Å². The van der Waals surface area contributed by atoms with Gasteiger partial charge in [-0.2, -0.15) is 0 Å². The molecule has 0 fully saturated rings. The highest BCUT2D eigenvalue weighted by Crippen LogP contribution is 2.36. The third kappa shape index (κ3) is 2.49. The van der Waals surface area contributed by atoms with Crippen molar-refractivity contribution in [1.82, 2.24) is 0 Å². The molecular weight excluding hydrogens is 218 g/mol. The summed E-state index contributed by atoms with van der Waals surface area (Å²) in [5.41, 5.74) is 6.26. The number of para-hydroxylation sites is 1. The van der Waals surface area contributed by atoms with Crippen LogP contribution in [0.4, 0.5) is 17.1 Å². The highest BCUT2D eigenvalue weighted by molar-refractivity contribution is 5.75. The first-order valence-electron chi connectivity index (χ1n) is 5.58. The van der Waals surface area contributed by atoms with Gasteiger partial charge in [0.15, 0.2) is 0 Å². The van der Waals surface area contributed by atoms with Gasteiger partial charge in [0, 0.05) is 12.6 Å². The van der Waals surface area contributed by atoms with Crippen molar-refractivity contribution in [1.29, 1.82) is 0 Å². The van der Waals surface area contributed by atoms with Crippen LogP contribution in [0.25, 0.3) is 0 Å². The second-order valence-electron chi connectivity index (χ2n) is 4.70. The topological polar surface area (TPSA) is 72.4 Å². The van der Waals surface area contributed by atoms with Gasteiger partial charge >= 0.3 is 5.69 Å². The molecular formula is C12H19N3O2. The molecule has 0 atom stereocenters. The van der Waals surface area contributed by atoms with E-state index in [4.69, 9.17) is 5.73 Å². The van der Waals surface area contributed by atoms with Crippen LogP contribution in [0.1, 0.15) is 27.2 Å². The van der Waals surface area contributed by atoms with Gasteiger partial charge in [-0.25, -0.2) is 0 Å². The Balaban J connectivity index is 3.32. The molecule has 0 saturated heterocycles. The highest BCUT2D eigenvalue weighted by atomic mass is 16.6. The van der Waals surface area contributed by atoms with E-state index in [1.165, 1.54) is 0 Å². The molecule has 0 spiro atoms. The summed E-state index contributed by atoms with van der Waals surface area (Å²) in [6.07, 6.45) is 0.884. The van der Waals surface area contributed by atoms with Gasteiger partial charge in [-0.1, -0.05) is 13.0 Å². The molecule has 17 heavy (non-hydrogen) atoms. The van der Waals surface area contributed by atoms with Crippen LogP contribution in [0, 0.1) is 10.1 Å². The smallest absolute Gasteiger partial charge is 0.315 e. The lowest BCUT2D eigenvalue weighted by Gasteiger charge is -2.36. The maximum absolute atomic E-state index is 11.1. The molecule has 0 aliphatic rings. The average Bonchev–Trinajstić information content (AvgIpc) is 2.27. The van der Waals surface area contributed by atoms with Crippen LogP contribution in [0.15, 0.2) is 18.2 Å². The van der Waals surface area contributed by atoms with Gasteiger partial charge in [-0.15, -0.1) is 0 Å². The van der Waals surface area contributed by atoms with Crippen LogP contribution in [0.3, 0.4) is 0 Å². The molecule has 94 valence electrons. The summed E-state index contributed by atoms with van der Waals surface area (Å²) in [5, 5.41) is 11.1. The fourth-order valence-electron chi connectivity index (χ4n) is 1.58. The fraction of sp³-hybridized carbons (Fsp3) is 0.500. The summed E-state index contributed by atoms with van der Waals surface area (Å²) >= 11 is 0. The molecule has 0 amide bonds. The number of hydrogen-bond donors (Lipinski definition) is 1. The third-order valence-corrected chi connectivity index (χ3v) is 3.36. The van der Waals surface area contributed by atoms with Gasteiger partial charge in [0.05, 0.1) is 4.92 Å². The number of hydrogen-bond acceptors (Lipinski definition) is 4. The Morgan fingerprint density at radius 1 is 1.47 bits per heavy atom. The molecule has 1 rings (SSSR count). The molecule has 5 nitrogen and oxygen atoms in total. The number of rotatable bonds is 4. The number of nitro groups is 1. The molecule has 0 unspecified atom stereocenters. The largest absolute Gasteiger partial charge is 0.393 e. The monoisotopic (exact) mass is 237 g/mol. The minimum absolute atomic E-state index is 0.0171. The van der Waals surface area contributed by atoms with E-state index in [0.29, 0.717) is 5.69 Å². The molecule has 0 aromatic heterocycles. The second-order valence-corrected chi connectivity index (χ2v) is 4.70. The lowest BCUT2D eigenvalue weighted by Crippen LogP contribution is -2.40. The Morgan fingerprint density at radius 3 is 2.53 bits per heavy atom. The molecule has 0 aliphatic carbocycles. The number of anilines is 2. The van der Waals surface area contributed by atoms with E-state index in [1.807, 2.05) is 25.8 Å². The van der Waals surface area contributed by atoms with Crippen molar-refractivity contribution in [2.24, 2.45) is 0 Å². The lowest BCUT2D eigenvalue weighted by molar-refractivity contribution is -0.383. The normalized spacial score (nSPS) is 11.3. The number of nitro benzene ring substituents is 1. The van der Waals surface area contributed by atoms with Crippen molar-refractivity contribution in [3.05, 3.63) is 28.3 Å². The molecule has 5 heteroatoms. The Bertz CT molecular complexity index is 430.